The molecule has 0 aliphatic carbocycles. The molecule has 0 saturated heterocycles. The lowest BCUT2D eigenvalue weighted by molar-refractivity contribution is 0.282. The highest BCUT2D eigenvalue weighted by Crippen LogP contribution is 2.26. The van der Waals surface area contributed by atoms with E-state index in [1.165, 1.54) is 0 Å². The van der Waals surface area contributed by atoms with Crippen molar-refractivity contribution in [2.45, 2.75) is 32.6 Å². The number of nitrogens with zero attached hydrogens (tertiary/aromatic N) is 1. The summed E-state index contributed by atoms with van der Waals surface area (Å²) in [4.78, 5) is 0. The van der Waals surface area contributed by atoms with Gasteiger partial charge in [-0.05, 0) is 44.9 Å². The molecule has 0 atom stereocenters. The van der Waals surface area contributed by atoms with Crippen LogP contribution in [0.2, 0.25) is 0 Å². The van der Waals surface area contributed by atoms with Gasteiger partial charge in [0.05, 0.1) is 24.0 Å². The topological polar surface area (TPSA) is 33.0 Å². The molecule has 2 nitrogen and oxygen atoms in total. The molecule has 0 N–H and O–H groups in total. The van der Waals surface area contributed by atoms with E-state index >= 15 is 0 Å². The standard InChI is InChI=1S/C14H17BrClNO/c1-14(2,10-17)6-3-7-18-13-5-4-12(15)8-11(13)9-16/h4-5,8H,3,6-7,9H2,1-2H3. The van der Waals surface area contributed by atoms with Crippen LogP contribution in [-0.2, 0) is 5.88 Å². The van der Waals surface area contributed by atoms with E-state index in [9.17, 15) is 0 Å². The molecule has 4 heteroatoms. The van der Waals surface area contributed by atoms with Crippen molar-refractivity contribution < 1.29 is 4.74 Å². The summed E-state index contributed by atoms with van der Waals surface area (Å²) in [6, 6.07) is 8.10. The summed E-state index contributed by atoms with van der Waals surface area (Å²) in [5.74, 6) is 1.25. The molecular weight excluding hydrogens is 314 g/mol. The summed E-state index contributed by atoms with van der Waals surface area (Å²) in [6.45, 7) is 4.49. The van der Waals surface area contributed by atoms with E-state index in [0.29, 0.717) is 12.5 Å². The lowest BCUT2D eigenvalue weighted by atomic mass is 9.90. The van der Waals surface area contributed by atoms with Crippen molar-refractivity contribution in [3.63, 3.8) is 0 Å². The van der Waals surface area contributed by atoms with Crippen molar-refractivity contribution in [3.8, 4) is 11.8 Å². The van der Waals surface area contributed by atoms with Crippen LogP contribution >= 0.6 is 27.5 Å². The number of ether oxygens (including phenoxy) is 1. The van der Waals surface area contributed by atoms with Gasteiger partial charge in [0.15, 0.2) is 0 Å². The maximum Gasteiger partial charge on any atom is 0.123 e. The zero-order valence-corrected chi connectivity index (χ0v) is 13.0. The average molecular weight is 331 g/mol. The van der Waals surface area contributed by atoms with Gasteiger partial charge in [0.2, 0.25) is 0 Å². The van der Waals surface area contributed by atoms with Gasteiger partial charge in [-0.1, -0.05) is 15.9 Å². The Balaban J connectivity index is 2.47. The van der Waals surface area contributed by atoms with Gasteiger partial charge in [-0.2, -0.15) is 5.26 Å². The van der Waals surface area contributed by atoms with E-state index < -0.39 is 0 Å². The Labute approximate surface area is 122 Å². The van der Waals surface area contributed by atoms with Gasteiger partial charge in [-0.3, -0.25) is 0 Å². The minimum Gasteiger partial charge on any atom is -0.493 e. The van der Waals surface area contributed by atoms with Crippen molar-refractivity contribution in [1.29, 1.82) is 5.26 Å². The second-order valence-corrected chi connectivity index (χ2v) is 6.02. The van der Waals surface area contributed by atoms with Gasteiger partial charge in [0.1, 0.15) is 5.75 Å². The normalized spacial score (nSPS) is 11.1. The zero-order chi connectivity index (χ0) is 13.6. The van der Waals surface area contributed by atoms with Crippen LogP contribution in [-0.4, -0.2) is 6.61 Å². The molecule has 98 valence electrons. The number of halogens is 2. The van der Waals surface area contributed by atoms with Crippen molar-refractivity contribution in [1.82, 2.24) is 0 Å². The summed E-state index contributed by atoms with van der Waals surface area (Å²) in [5.41, 5.74) is 0.698. The Bertz CT molecular complexity index is 440. The molecule has 0 amide bonds. The zero-order valence-electron chi connectivity index (χ0n) is 10.7. The van der Waals surface area contributed by atoms with Crippen LogP contribution in [0.15, 0.2) is 22.7 Å². The van der Waals surface area contributed by atoms with E-state index in [1.54, 1.807) is 0 Å². The molecule has 0 aromatic heterocycles. The second-order valence-electron chi connectivity index (χ2n) is 4.83. The molecule has 0 spiro atoms. The molecular formula is C14H17BrClNO. The first-order valence-electron chi connectivity index (χ1n) is 5.87. The van der Waals surface area contributed by atoms with Gasteiger partial charge < -0.3 is 4.74 Å². The quantitative estimate of drug-likeness (QED) is 0.549. The van der Waals surface area contributed by atoms with E-state index in [2.05, 4.69) is 22.0 Å². The molecule has 0 fully saturated rings. The molecule has 0 aliphatic heterocycles. The van der Waals surface area contributed by atoms with E-state index in [-0.39, 0.29) is 5.41 Å². The van der Waals surface area contributed by atoms with E-state index in [4.69, 9.17) is 21.6 Å². The number of nitriles is 1. The number of hydrogen-bond acceptors (Lipinski definition) is 2. The lowest BCUT2D eigenvalue weighted by Gasteiger charge is -2.15. The molecule has 0 aliphatic rings. The van der Waals surface area contributed by atoms with Crippen molar-refractivity contribution in [3.05, 3.63) is 28.2 Å². The Kier molecular flexibility index (Phi) is 5.98. The molecule has 0 bridgehead atoms. The third-order valence-electron chi connectivity index (χ3n) is 2.67. The first-order chi connectivity index (χ1) is 8.48. The van der Waals surface area contributed by atoms with Gasteiger partial charge in [0, 0.05) is 10.0 Å². The highest BCUT2D eigenvalue weighted by Gasteiger charge is 2.15. The summed E-state index contributed by atoms with van der Waals surface area (Å²) < 4.78 is 6.70. The summed E-state index contributed by atoms with van der Waals surface area (Å²) in [7, 11) is 0. The smallest absolute Gasteiger partial charge is 0.123 e. The monoisotopic (exact) mass is 329 g/mol. The van der Waals surface area contributed by atoms with Crippen molar-refractivity contribution in [2.24, 2.45) is 5.41 Å². The van der Waals surface area contributed by atoms with Crippen LogP contribution in [0.25, 0.3) is 0 Å². The van der Waals surface area contributed by atoms with Gasteiger partial charge in [0.25, 0.3) is 0 Å². The van der Waals surface area contributed by atoms with Gasteiger partial charge >= 0.3 is 0 Å². The third kappa shape index (κ3) is 4.88. The molecule has 0 saturated carbocycles. The maximum absolute atomic E-state index is 8.91. The average Bonchev–Trinajstić information content (AvgIpc) is 2.36. The Hall–Kier alpha value is -0.720. The highest BCUT2D eigenvalue weighted by atomic mass is 79.9. The molecule has 1 aromatic carbocycles. The summed E-state index contributed by atoms with van der Waals surface area (Å²) in [6.07, 6.45) is 1.69. The third-order valence-corrected chi connectivity index (χ3v) is 3.45. The summed E-state index contributed by atoms with van der Waals surface area (Å²) >= 11 is 9.27. The predicted octanol–water partition coefficient (Wildman–Crippen LogP) is 4.90. The van der Waals surface area contributed by atoms with E-state index in [1.807, 2.05) is 32.0 Å². The molecule has 0 heterocycles. The molecule has 0 unspecified atom stereocenters. The fourth-order valence-corrected chi connectivity index (χ4v) is 2.16. The molecule has 18 heavy (non-hydrogen) atoms. The fourth-order valence-electron chi connectivity index (χ4n) is 1.55. The number of benzene rings is 1. The Morgan fingerprint density at radius 1 is 1.44 bits per heavy atom. The van der Waals surface area contributed by atoms with Crippen molar-refractivity contribution >= 4 is 27.5 Å². The van der Waals surface area contributed by atoms with Crippen LogP contribution in [0.1, 0.15) is 32.3 Å². The Morgan fingerprint density at radius 2 is 2.17 bits per heavy atom. The van der Waals surface area contributed by atoms with Crippen molar-refractivity contribution in [2.75, 3.05) is 6.61 Å². The fraction of sp³-hybridized carbons (Fsp3) is 0.500. The van der Waals surface area contributed by atoms with Crippen LogP contribution < -0.4 is 4.74 Å². The number of hydrogen-bond donors (Lipinski definition) is 0. The number of rotatable bonds is 6. The Morgan fingerprint density at radius 3 is 2.78 bits per heavy atom. The van der Waals surface area contributed by atoms with Gasteiger partial charge in [-0.25, -0.2) is 0 Å². The minimum atomic E-state index is -0.279. The highest BCUT2D eigenvalue weighted by molar-refractivity contribution is 9.10. The van der Waals surface area contributed by atoms with Gasteiger partial charge in [-0.15, -0.1) is 11.6 Å². The maximum atomic E-state index is 8.91. The first-order valence-corrected chi connectivity index (χ1v) is 7.20. The molecule has 0 radical (unpaired) electrons. The first kappa shape index (κ1) is 15.3. The predicted molar refractivity (Wildman–Crippen MR) is 77.8 cm³/mol. The van der Waals surface area contributed by atoms with Crippen LogP contribution in [0, 0.1) is 16.7 Å². The molecule has 1 aromatic rings. The van der Waals surface area contributed by atoms with Crippen LogP contribution in [0.5, 0.6) is 5.75 Å². The van der Waals surface area contributed by atoms with Crippen LogP contribution in [0.4, 0.5) is 0 Å². The lowest BCUT2D eigenvalue weighted by Crippen LogP contribution is -2.10. The largest absolute Gasteiger partial charge is 0.493 e. The minimum absolute atomic E-state index is 0.279. The molecule has 1 rings (SSSR count). The SMILES string of the molecule is CC(C)(C#N)CCCOc1ccc(Br)cc1CCl. The second kappa shape index (κ2) is 7.01. The summed E-state index contributed by atoms with van der Waals surface area (Å²) in [5, 5.41) is 8.91. The van der Waals surface area contributed by atoms with E-state index in [0.717, 1.165) is 28.6 Å². The number of alkyl halides is 1. The van der Waals surface area contributed by atoms with Crippen LogP contribution in [0.3, 0.4) is 0 Å².